The quantitative estimate of drug-likeness (QED) is 0.801. The lowest BCUT2D eigenvalue weighted by atomic mass is 10.0. The lowest BCUT2D eigenvalue weighted by Gasteiger charge is -2.25. The standard InChI is InChI=1S/C15H23N3O3/c1-9(2)12(7-18(3)4)17-15(19)10-5-13-14(6-11(10)16)21-8-20-13/h5-6,9,12H,7-8,16H2,1-4H3,(H,17,19). The molecule has 1 atom stereocenters. The number of likely N-dealkylation sites (N-methyl/N-ethyl adjacent to an activating group) is 1. The molecule has 1 aliphatic heterocycles. The first-order chi connectivity index (χ1) is 9.88. The normalized spacial score (nSPS) is 14.6. The summed E-state index contributed by atoms with van der Waals surface area (Å²) in [6, 6.07) is 3.32. The SMILES string of the molecule is CC(C)C(CN(C)C)NC(=O)c1cc2c(cc1N)OCO2. The number of fused-ring (bicyclic) bond motifs is 1. The maximum atomic E-state index is 12.5. The number of benzene rings is 1. The number of carbonyl (C=O) groups excluding carboxylic acids is 1. The molecule has 2 rings (SSSR count). The summed E-state index contributed by atoms with van der Waals surface area (Å²) >= 11 is 0. The van der Waals surface area contributed by atoms with Gasteiger partial charge in [-0.3, -0.25) is 4.79 Å². The van der Waals surface area contributed by atoms with E-state index < -0.39 is 0 Å². The number of amides is 1. The van der Waals surface area contributed by atoms with Crippen LogP contribution in [0, 0.1) is 5.92 Å². The molecule has 0 spiro atoms. The molecule has 21 heavy (non-hydrogen) atoms. The summed E-state index contributed by atoms with van der Waals surface area (Å²) in [7, 11) is 3.97. The Bertz CT molecular complexity index is 529. The van der Waals surface area contributed by atoms with Gasteiger partial charge in [0.05, 0.1) is 5.56 Å². The first-order valence-electron chi connectivity index (χ1n) is 7.03. The Morgan fingerprint density at radius 2 is 1.95 bits per heavy atom. The molecule has 6 heteroatoms. The molecule has 0 radical (unpaired) electrons. The number of nitrogens with one attached hydrogen (secondary N) is 1. The molecule has 0 aromatic heterocycles. The molecule has 0 saturated heterocycles. The summed E-state index contributed by atoms with van der Waals surface area (Å²) in [5, 5.41) is 3.04. The minimum Gasteiger partial charge on any atom is -0.454 e. The van der Waals surface area contributed by atoms with E-state index >= 15 is 0 Å². The van der Waals surface area contributed by atoms with Crippen LogP contribution in [0.1, 0.15) is 24.2 Å². The van der Waals surface area contributed by atoms with E-state index in [0.717, 1.165) is 6.54 Å². The van der Waals surface area contributed by atoms with Gasteiger partial charge in [-0.05, 0) is 26.1 Å². The highest BCUT2D eigenvalue weighted by Crippen LogP contribution is 2.35. The second-order valence-electron chi connectivity index (χ2n) is 5.88. The smallest absolute Gasteiger partial charge is 0.253 e. The van der Waals surface area contributed by atoms with Gasteiger partial charge in [0.1, 0.15) is 0 Å². The monoisotopic (exact) mass is 293 g/mol. The van der Waals surface area contributed by atoms with Crippen LogP contribution in [0.4, 0.5) is 5.69 Å². The van der Waals surface area contributed by atoms with E-state index in [1.54, 1.807) is 12.1 Å². The fraction of sp³-hybridized carbons (Fsp3) is 0.533. The Kier molecular flexibility index (Phi) is 4.57. The van der Waals surface area contributed by atoms with E-state index in [2.05, 4.69) is 19.2 Å². The number of nitrogens with two attached hydrogens (primary N) is 1. The van der Waals surface area contributed by atoms with Gasteiger partial charge in [-0.1, -0.05) is 13.8 Å². The number of hydrogen-bond donors (Lipinski definition) is 2. The zero-order valence-electron chi connectivity index (χ0n) is 13.0. The topological polar surface area (TPSA) is 76.8 Å². The van der Waals surface area contributed by atoms with Crippen LogP contribution in [0.5, 0.6) is 11.5 Å². The largest absolute Gasteiger partial charge is 0.454 e. The van der Waals surface area contributed by atoms with Crippen molar-refractivity contribution in [2.24, 2.45) is 5.92 Å². The fourth-order valence-corrected chi connectivity index (χ4v) is 2.22. The van der Waals surface area contributed by atoms with Gasteiger partial charge in [0, 0.05) is 24.3 Å². The second kappa shape index (κ2) is 6.22. The van der Waals surface area contributed by atoms with E-state index in [9.17, 15) is 4.79 Å². The van der Waals surface area contributed by atoms with Gasteiger partial charge in [0.2, 0.25) is 6.79 Å². The molecular formula is C15H23N3O3. The van der Waals surface area contributed by atoms with Gasteiger partial charge in [-0.25, -0.2) is 0 Å². The molecule has 0 fully saturated rings. The zero-order chi connectivity index (χ0) is 15.6. The van der Waals surface area contributed by atoms with Gasteiger partial charge >= 0.3 is 0 Å². The Labute approximate surface area is 125 Å². The van der Waals surface area contributed by atoms with Crippen LogP contribution >= 0.6 is 0 Å². The average Bonchev–Trinajstić information content (AvgIpc) is 2.83. The van der Waals surface area contributed by atoms with Crippen LogP contribution in [-0.4, -0.2) is 44.3 Å². The molecule has 1 amide bonds. The summed E-state index contributed by atoms with van der Waals surface area (Å²) in [6.07, 6.45) is 0. The summed E-state index contributed by atoms with van der Waals surface area (Å²) in [5.41, 5.74) is 6.75. The van der Waals surface area contributed by atoms with Gasteiger partial charge < -0.3 is 25.4 Å². The molecule has 0 bridgehead atoms. The Hall–Kier alpha value is -1.95. The third-order valence-corrected chi connectivity index (χ3v) is 3.47. The molecule has 1 aliphatic rings. The molecule has 6 nitrogen and oxygen atoms in total. The van der Waals surface area contributed by atoms with Crippen molar-refractivity contribution in [3.05, 3.63) is 17.7 Å². The van der Waals surface area contributed by atoms with E-state index in [1.165, 1.54) is 0 Å². The number of carbonyl (C=O) groups is 1. The number of hydrogen-bond acceptors (Lipinski definition) is 5. The van der Waals surface area contributed by atoms with Gasteiger partial charge in [0.25, 0.3) is 5.91 Å². The van der Waals surface area contributed by atoms with Gasteiger partial charge in [-0.15, -0.1) is 0 Å². The summed E-state index contributed by atoms with van der Waals surface area (Å²) in [5.74, 6) is 1.28. The molecule has 1 aromatic rings. The highest BCUT2D eigenvalue weighted by atomic mass is 16.7. The van der Waals surface area contributed by atoms with Crippen molar-refractivity contribution in [3.8, 4) is 11.5 Å². The summed E-state index contributed by atoms with van der Waals surface area (Å²) < 4.78 is 10.5. The molecule has 0 aliphatic carbocycles. The van der Waals surface area contributed by atoms with Gasteiger partial charge in [-0.2, -0.15) is 0 Å². The molecule has 3 N–H and O–H groups in total. The molecule has 1 heterocycles. The highest BCUT2D eigenvalue weighted by molar-refractivity contribution is 6.00. The second-order valence-corrected chi connectivity index (χ2v) is 5.88. The minimum atomic E-state index is -0.189. The first-order valence-corrected chi connectivity index (χ1v) is 7.03. The number of ether oxygens (including phenoxy) is 2. The Morgan fingerprint density at radius 1 is 1.33 bits per heavy atom. The zero-order valence-corrected chi connectivity index (χ0v) is 13.0. The van der Waals surface area contributed by atoms with Crippen molar-refractivity contribution in [2.75, 3.05) is 33.2 Å². The van der Waals surface area contributed by atoms with Crippen LogP contribution in [0.25, 0.3) is 0 Å². The molecule has 116 valence electrons. The van der Waals surface area contributed by atoms with Crippen molar-refractivity contribution in [1.29, 1.82) is 0 Å². The van der Waals surface area contributed by atoms with E-state index in [4.69, 9.17) is 15.2 Å². The molecular weight excluding hydrogens is 270 g/mol. The fourth-order valence-electron chi connectivity index (χ4n) is 2.22. The van der Waals surface area contributed by atoms with E-state index in [1.807, 2.05) is 19.0 Å². The summed E-state index contributed by atoms with van der Waals surface area (Å²) in [6.45, 7) is 5.10. The Morgan fingerprint density at radius 3 is 2.52 bits per heavy atom. The number of nitrogen functional groups attached to an aromatic ring is 1. The lowest BCUT2D eigenvalue weighted by molar-refractivity contribution is 0.0917. The maximum Gasteiger partial charge on any atom is 0.253 e. The predicted molar refractivity (Wildman–Crippen MR) is 81.6 cm³/mol. The maximum absolute atomic E-state index is 12.5. The summed E-state index contributed by atoms with van der Waals surface area (Å²) in [4.78, 5) is 14.5. The molecule has 1 unspecified atom stereocenters. The van der Waals surface area contributed by atoms with Crippen molar-refractivity contribution >= 4 is 11.6 Å². The number of rotatable bonds is 5. The van der Waals surface area contributed by atoms with Crippen molar-refractivity contribution in [1.82, 2.24) is 10.2 Å². The van der Waals surface area contributed by atoms with Crippen LogP contribution < -0.4 is 20.5 Å². The third kappa shape index (κ3) is 3.58. The van der Waals surface area contributed by atoms with Crippen LogP contribution in [0.3, 0.4) is 0 Å². The molecule has 1 aromatic carbocycles. The Balaban J connectivity index is 2.16. The lowest BCUT2D eigenvalue weighted by Crippen LogP contribution is -2.45. The number of nitrogens with zero attached hydrogens (tertiary/aromatic N) is 1. The highest BCUT2D eigenvalue weighted by Gasteiger charge is 2.23. The predicted octanol–water partition coefficient (Wildman–Crippen LogP) is 1.31. The van der Waals surface area contributed by atoms with Crippen LogP contribution in [0.2, 0.25) is 0 Å². The third-order valence-electron chi connectivity index (χ3n) is 3.47. The van der Waals surface area contributed by atoms with Crippen molar-refractivity contribution in [2.45, 2.75) is 19.9 Å². The van der Waals surface area contributed by atoms with Gasteiger partial charge in [0.15, 0.2) is 11.5 Å². The van der Waals surface area contributed by atoms with E-state index in [-0.39, 0.29) is 18.7 Å². The average molecular weight is 293 g/mol. The first kappa shape index (κ1) is 15.4. The number of anilines is 1. The van der Waals surface area contributed by atoms with Crippen LogP contribution in [0.15, 0.2) is 12.1 Å². The minimum absolute atomic E-state index is 0.0531. The van der Waals surface area contributed by atoms with E-state index in [0.29, 0.717) is 28.7 Å². The van der Waals surface area contributed by atoms with Crippen LogP contribution in [-0.2, 0) is 0 Å². The van der Waals surface area contributed by atoms with Crippen molar-refractivity contribution < 1.29 is 14.3 Å². The van der Waals surface area contributed by atoms with Crippen molar-refractivity contribution in [3.63, 3.8) is 0 Å². The molecule has 0 saturated carbocycles.